The molecule has 2 aromatic heterocycles. The molecule has 0 saturated carbocycles. The molecule has 0 saturated heterocycles. The molecule has 2 rings (SSSR count). The Labute approximate surface area is 122 Å². The number of rotatable bonds is 3. The average Bonchev–Trinajstić information content (AvgIpc) is 2.77. The van der Waals surface area contributed by atoms with Crippen molar-refractivity contribution in [2.45, 2.75) is 46.2 Å². The van der Waals surface area contributed by atoms with Crippen molar-refractivity contribution in [3.8, 4) is 0 Å². The van der Waals surface area contributed by atoms with Gasteiger partial charge in [0, 0.05) is 29.0 Å². The highest BCUT2D eigenvalue weighted by Gasteiger charge is 2.18. The normalized spacial score (nSPS) is 13.2. The zero-order valence-corrected chi connectivity index (χ0v) is 13.3. The lowest BCUT2D eigenvalue weighted by atomic mass is 10.1. The Bertz CT molecular complexity index is 654. The van der Waals surface area contributed by atoms with Crippen molar-refractivity contribution in [3.05, 3.63) is 38.8 Å². The van der Waals surface area contributed by atoms with Crippen LogP contribution in [-0.2, 0) is 5.54 Å². The second-order valence-electron chi connectivity index (χ2n) is 5.81. The molecular formula is C14H20N4OS. The Morgan fingerprint density at radius 2 is 2.10 bits per heavy atom. The highest BCUT2D eigenvalue weighted by Crippen LogP contribution is 2.20. The van der Waals surface area contributed by atoms with E-state index in [2.05, 4.69) is 15.3 Å². The molecule has 0 aliphatic heterocycles. The summed E-state index contributed by atoms with van der Waals surface area (Å²) in [5.74, 6) is 0.364. The van der Waals surface area contributed by atoms with Crippen LogP contribution in [0, 0.1) is 6.92 Å². The van der Waals surface area contributed by atoms with Crippen molar-refractivity contribution < 1.29 is 0 Å². The van der Waals surface area contributed by atoms with Gasteiger partial charge in [0.15, 0.2) is 5.82 Å². The van der Waals surface area contributed by atoms with Crippen molar-refractivity contribution in [1.29, 1.82) is 0 Å². The van der Waals surface area contributed by atoms with E-state index in [-0.39, 0.29) is 17.1 Å². The van der Waals surface area contributed by atoms with E-state index >= 15 is 0 Å². The summed E-state index contributed by atoms with van der Waals surface area (Å²) in [4.78, 5) is 21.0. The zero-order chi connectivity index (χ0) is 14.9. The van der Waals surface area contributed by atoms with Gasteiger partial charge in [0.05, 0.1) is 6.04 Å². The van der Waals surface area contributed by atoms with E-state index < -0.39 is 0 Å². The summed E-state index contributed by atoms with van der Waals surface area (Å²) in [7, 11) is 0. The van der Waals surface area contributed by atoms with Crippen LogP contribution >= 0.6 is 11.3 Å². The Hall–Kier alpha value is -1.69. The van der Waals surface area contributed by atoms with Gasteiger partial charge < -0.3 is 9.88 Å². The molecule has 0 amide bonds. The highest BCUT2D eigenvalue weighted by atomic mass is 32.1. The van der Waals surface area contributed by atoms with Crippen LogP contribution in [0.4, 0.5) is 5.82 Å². The first-order chi connectivity index (χ1) is 9.29. The third kappa shape index (κ3) is 3.07. The van der Waals surface area contributed by atoms with E-state index in [9.17, 15) is 4.79 Å². The van der Waals surface area contributed by atoms with Gasteiger partial charge in [0.1, 0.15) is 5.01 Å². The molecule has 0 bridgehead atoms. The summed E-state index contributed by atoms with van der Waals surface area (Å²) >= 11 is 1.58. The van der Waals surface area contributed by atoms with E-state index in [4.69, 9.17) is 0 Å². The molecule has 1 unspecified atom stereocenters. The standard InChI is InChI=1S/C14H20N4OS/c1-9-8-20-12(16-9)10(2)17-11-13(19)18(7-6-15-11)14(3,4)5/h6-8,10H,1-5H3,(H,15,17). The van der Waals surface area contributed by atoms with Crippen molar-refractivity contribution in [3.63, 3.8) is 0 Å². The van der Waals surface area contributed by atoms with E-state index in [1.807, 2.05) is 40.0 Å². The molecule has 0 aliphatic carbocycles. The number of aryl methyl sites for hydroxylation is 1. The van der Waals surface area contributed by atoms with Crippen LogP contribution in [0.3, 0.4) is 0 Å². The Balaban J connectivity index is 2.29. The molecule has 6 heteroatoms. The minimum Gasteiger partial charge on any atom is -0.357 e. The molecule has 2 aromatic rings. The molecule has 0 aliphatic rings. The van der Waals surface area contributed by atoms with Crippen molar-refractivity contribution in [2.24, 2.45) is 0 Å². The second-order valence-corrected chi connectivity index (χ2v) is 6.70. The number of aromatic nitrogens is 3. The zero-order valence-electron chi connectivity index (χ0n) is 12.5. The van der Waals surface area contributed by atoms with Crippen LogP contribution in [0.1, 0.15) is 44.4 Å². The monoisotopic (exact) mass is 292 g/mol. The molecule has 0 spiro atoms. The lowest BCUT2D eigenvalue weighted by Crippen LogP contribution is -2.35. The fourth-order valence-electron chi connectivity index (χ4n) is 1.88. The van der Waals surface area contributed by atoms with Gasteiger partial charge >= 0.3 is 0 Å². The van der Waals surface area contributed by atoms with Gasteiger partial charge in [0.25, 0.3) is 5.56 Å². The first kappa shape index (κ1) is 14.7. The molecule has 5 nitrogen and oxygen atoms in total. The van der Waals surface area contributed by atoms with Crippen molar-refractivity contribution in [1.82, 2.24) is 14.5 Å². The summed E-state index contributed by atoms with van der Waals surface area (Å²) < 4.78 is 1.68. The van der Waals surface area contributed by atoms with Crippen LogP contribution in [-0.4, -0.2) is 14.5 Å². The fourth-order valence-corrected chi connectivity index (χ4v) is 2.68. The summed E-state index contributed by atoms with van der Waals surface area (Å²) in [6, 6.07) is -0.0373. The van der Waals surface area contributed by atoms with Crippen molar-refractivity contribution in [2.75, 3.05) is 5.32 Å². The number of hydrogen-bond donors (Lipinski definition) is 1. The average molecular weight is 292 g/mol. The summed E-state index contributed by atoms with van der Waals surface area (Å²) in [5, 5.41) is 6.11. The summed E-state index contributed by atoms with van der Waals surface area (Å²) in [6.45, 7) is 9.91. The van der Waals surface area contributed by atoms with E-state index in [0.29, 0.717) is 5.82 Å². The van der Waals surface area contributed by atoms with E-state index in [1.165, 1.54) is 0 Å². The maximum atomic E-state index is 12.4. The van der Waals surface area contributed by atoms with Gasteiger partial charge in [-0.25, -0.2) is 9.97 Å². The Kier molecular flexibility index (Phi) is 3.94. The predicted octanol–water partition coefficient (Wildman–Crippen LogP) is 2.94. The maximum Gasteiger partial charge on any atom is 0.293 e. The van der Waals surface area contributed by atoms with Gasteiger partial charge in [-0.3, -0.25) is 4.79 Å². The number of thiazole rings is 1. The van der Waals surface area contributed by atoms with Gasteiger partial charge in [-0.05, 0) is 34.6 Å². The molecule has 1 atom stereocenters. The molecule has 1 N–H and O–H groups in total. The van der Waals surface area contributed by atoms with E-state index in [0.717, 1.165) is 10.7 Å². The second kappa shape index (κ2) is 5.36. The van der Waals surface area contributed by atoms with Gasteiger partial charge in [-0.2, -0.15) is 0 Å². The molecule has 0 radical (unpaired) electrons. The fraction of sp³-hybridized carbons (Fsp3) is 0.500. The van der Waals surface area contributed by atoms with E-state index in [1.54, 1.807) is 28.3 Å². The van der Waals surface area contributed by atoms with Gasteiger partial charge in [-0.1, -0.05) is 0 Å². The quantitative estimate of drug-likeness (QED) is 0.945. The largest absolute Gasteiger partial charge is 0.357 e. The Morgan fingerprint density at radius 1 is 1.40 bits per heavy atom. The first-order valence-electron chi connectivity index (χ1n) is 6.56. The molecule has 0 fully saturated rings. The van der Waals surface area contributed by atoms with Gasteiger partial charge in [0.2, 0.25) is 0 Å². The minimum absolute atomic E-state index is 0.0373. The maximum absolute atomic E-state index is 12.4. The SMILES string of the molecule is Cc1csc(C(C)Nc2nccn(C(C)(C)C)c2=O)n1. The Morgan fingerprint density at radius 3 is 2.65 bits per heavy atom. The van der Waals surface area contributed by atoms with Gasteiger partial charge in [-0.15, -0.1) is 11.3 Å². The minimum atomic E-state index is -0.266. The first-order valence-corrected chi connectivity index (χ1v) is 7.43. The van der Waals surface area contributed by atoms with Crippen LogP contribution < -0.4 is 10.9 Å². The lowest BCUT2D eigenvalue weighted by Gasteiger charge is -2.23. The molecule has 108 valence electrons. The van der Waals surface area contributed by atoms with Crippen LogP contribution in [0.25, 0.3) is 0 Å². The molecule has 2 heterocycles. The third-order valence-electron chi connectivity index (χ3n) is 2.92. The van der Waals surface area contributed by atoms with Crippen LogP contribution in [0.2, 0.25) is 0 Å². The number of anilines is 1. The number of nitrogens with one attached hydrogen (secondary N) is 1. The molecule has 0 aromatic carbocycles. The molecule has 20 heavy (non-hydrogen) atoms. The summed E-state index contributed by atoms with van der Waals surface area (Å²) in [6.07, 6.45) is 3.36. The highest BCUT2D eigenvalue weighted by molar-refractivity contribution is 7.09. The topological polar surface area (TPSA) is 59.8 Å². The van der Waals surface area contributed by atoms with Crippen LogP contribution in [0.5, 0.6) is 0 Å². The smallest absolute Gasteiger partial charge is 0.293 e. The lowest BCUT2D eigenvalue weighted by molar-refractivity contribution is 0.383. The summed E-state index contributed by atoms with van der Waals surface area (Å²) in [5.41, 5.74) is 0.615. The number of nitrogens with zero attached hydrogens (tertiary/aromatic N) is 3. The molecular weight excluding hydrogens is 272 g/mol. The van der Waals surface area contributed by atoms with Crippen molar-refractivity contribution >= 4 is 17.2 Å². The predicted molar refractivity (Wildman–Crippen MR) is 82.4 cm³/mol. The third-order valence-corrected chi connectivity index (χ3v) is 4.07. The number of hydrogen-bond acceptors (Lipinski definition) is 5. The van der Waals surface area contributed by atoms with Crippen LogP contribution in [0.15, 0.2) is 22.6 Å².